The van der Waals surface area contributed by atoms with Crippen LogP contribution in [0.5, 0.6) is 0 Å². The molecule has 0 unspecified atom stereocenters. The number of benzene rings is 1. The summed E-state index contributed by atoms with van der Waals surface area (Å²) in [5.74, 6) is 0. The normalized spacial score (nSPS) is 16.6. The van der Waals surface area contributed by atoms with E-state index in [1.165, 1.54) is 0 Å². The van der Waals surface area contributed by atoms with E-state index >= 15 is 0 Å². The van der Waals surface area contributed by atoms with Crippen LogP contribution in [-0.2, 0) is 0 Å². The van der Waals surface area contributed by atoms with Crippen LogP contribution >= 0.6 is 0 Å². The Morgan fingerprint density at radius 3 is 2.00 bits per heavy atom. The van der Waals surface area contributed by atoms with Crippen LogP contribution in [0.4, 0.5) is 0 Å². The van der Waals surface area contributed by atoms with Crippen LogP contribution in [-0.4, -0.2) is 12.2 Å². The molecule has 0 aliphatic rings. The van der Waals surface area contributed by atoms with Gasteiger partial charge in [0.15, 0.2) is 0 Å². The Hall–Kier alpha value is -1.11. The highest BCUT2D eigenvalue weighted by molar-refractivity contribution is 6.04. The van der Waals surface area contributed by atoms with Crippen molar-refractivity contribution in [1.82, 2.24) is 0 Å². The third-order valence-electron chi connectivity index (χ3n) is 2.34. The van der Waals surface area contributed by atoms with Gasteiger partial charge in [-0.2, -0.15) is 0 Å². The molecule has 0 saturated carbocycles. The standard InChI is InChI=1S/C16H25N/c1-15(2,3)12-17-14(16(4,5)6)13-10-8-7-9-11-13/h7-11H,12H2,1-6H3/i12D/t12-/m0/s1. The van der Waals surface area contributed by atoms with Crippen LogP contribution in [0, 0.1) is 10.8 Å². The summed E-state index contributed by atoms with van der Waals surface area (Å²) in [5.41, 5.74) is 1.95. The van der Waals surface area contributed by atoms with Gasteiger partial charge in [0.05, 0.1) is 1.37 Å². The first kappa shape index (κ1) is 12.3. The van der Waals surface area contributed by atoms with Crippen LogP contribution < -0.4 is 0 Å². The third kappa shape index (κ3) is 4.72. The zero-order valence-corrected chi connectivity index (χ0v) is 11.9. The molecule has 0 radical (unpaired) electrons. The van der Waals surface area contributed by atoms with Crippen molar-refractivity contribution in [1.29, 1.82) is 0 Å². The average molecular weight is 232 g/mol. The van der Waals surface area contributed by atoms with Gasteiger partial charge in [-0.1, -0.05) is 71.9 Å². The fourth-order valence-corrected chi connectivity index (χ4v) is 1.56. The van der Waals surface area contributed by atoms with E-state index in [1.807, 2.05) is 18.2 Å². The zero-order valence-electron chi connectivity index (χ0n) is 12.9. The molecule has 0 aliphatic carbocycles. The van der Waals surface area contributed by atoms with E-state index < -0.39 is 6.52 Å². The summed E-state index contributed by atoms with van der Waals surface area (Å²) < 4.78 is 8.20. The Labute approximate surface area is 107 Å². The van der Waals surface area contributed by atoms with E-state index in [0.717, 1.165) is 11.3 Å². The van der Waals surface area contributed by atoms with Gasteiger partial charge in [0.1, 0.15) is 0 Å². The fraction of sp³-hybridized carbons (Fsp3) is 0.562. The van der Waals surface area contributed by atoms with E-state index in [1.54, 1.807) is 0 Å². The SMILES string of the molecule is [2H][C@H](N=C(c1ccccc1)C(C)(C)C)C(C)(C)C. The topological polar surface area (TPSA) is 12.4 Å². The average Bonchev–Trinajstić information content (AvgIpc) is 2.23. The highest BCUT2D eigenvalue weighted by Crippen LogP contribution is 2.23. The molecule has 0 aromatic heterocycles. The molecular formula is C16H25N. The number of nitrogens with zero attached hydrogens (tertiary/aromatic N) is 1. The summed E-state index contributed by atoms with van der Waals surface area (Å²) in [4.78, 5) is 4.67. The molecule has 0 bridgehead atoms. The van der Waals surface area contributed by atoms with Crippen molar-refractivity contribution >= 4 is 5.71 Å². The fourth-order valence-electron chi connectivity index (χ4n) is 1.56. The van der Waals surface area contributed by atoms with E-state index in [0.29, 0.717) is 0 Å². The molecule has 0 heterocycles. The minimum absolute atomic E-state index is 0.0497. The highest BCUT2D eigenvalue weighted by Gasteiger charge is 2.21. The summed E-state index contributed by atoms with van der Waals surface area (Å²) in [5, 5.41) is 0. The molecule has 0 N–H and O–H groups in total. The van der Waals surface area contributed by atoms with E-state index in [2.05, 4.69) is 58.7 Å². The maximum atomic E-state index is 8.20. The smallest absolute Gasteiger partial charge is 0.0520 e. The molecule has 17 heavy (non-hydrogen) atoms. The first-order valence-electron chi connectivity index (χ1n) is 6.76. The monoisotopic (exact) mass is 232 g/mol. The summed E-state index contributed by atoms with van der Waals surface area (Å²) in [6, 6.07) is 10.2. The predicted octanol–water partition coefficient (Wildman–Crippen LogP) is 4.57. The van der Waals surface area contributed by atoms with Gasteiger partial charge in [-0.05, 0) is 11.0 Å². The quantitative estimate of drug-likeness (QED) is 0.662. The Kier molecular flexibility index (Phi) is 3.66. The van der Waals surface area contributed by atoms with Gasteiger partial charge in [0, 0.05) is 17.6 Å². The summed E-state index contributed by atoms with van der Waals surface area (Å²) in [6.45, 7) is 12.2. The number of rotatable bonds is 2. The van der Waals surface area contributed by atoms with Crippen LogP contribution in [0.25, 0.3) is 0 Å². The van der Waals surface area contributed by atoms with Crippen LogP contribution in [0.3, 0.4) is 0 Å². The number of hydrogen-bond donors (Lipinski definition) is 0. The van der Waals surface area contributed by atoms with Gasteiger partial charge in [-0.25, -0.2) is 0 Å². The molecule has 0 saturated heterocycles. The second-order valence-corrected chi connectivity index (χ2v) is 6.59. The number of aliphatic imine (C=N–C) groups is 1. The Morgan fingerprint density at radius 2 is 1.59 bits per heavy atom. The van der Waals surface area contributed by atoms with Gasteiger partial charge in [0.25, 0.3) is 0 Å². The van der Waals surface area contributed by atoms with Gasteiger partial charge in [-0.15, -0.1) is 0 Å². The molecule has 1 nitrogen and oxygen atoms in total. The molecule has 1 rings (SSSR count). The first-order chi connectivity index (χ1) is 8.12. The summed E-state index contributed by atoms with van der Waals surface area (Å²) >= 11 is 0. The second-order valence-electron chi connectivity index (χ2n) is 6.59. The molecule has 0 aliphatic heterocycles. The Bertz CT molecular complexity index is 407. The van der Waals surface area contributed by atoms with Crippen molar-refractivity contribution in [3.63, 3.8) is 0 Å². The molecule has 1 aromatic rings. The molecule has 1 aromatic carbocycles. The number of hydrogen-bond acceptors (Lipinski definition) is 1. The lowest BCUT2D eigenvalue weighted by atomic mass is 9.85. The van der Waals surface area contributed by atoms with Crippen LogP contribution in [0.2, 0.25) is 0 Å². The highest BCUT2D eigenvalue weighted by atomic mass is 14.8. The van der Waals surface area contributed by atoms with Gasteiger partial charge >= 0.3 is 0 Å². The van der Waals surface area contributed by atoms with Crippen molar-refractivity contribution in [2.24, 2.45) is 15.8 Å². The van der Waals surface area contributed by atoms with Gasteiger partial charge < -0.3 is 0 Å². The zero-order chi connectivity index (χ0) is 14.0. The summed E-state index contributed by atoms with van der Waals surface area (Å²) in [7, 11) is 0. The van der Waals surface area contributed by atoms with E-state index in [4.69, 9.17) is 1.37 Å². The van der Waals surface area contributed by atoms with E-state index in [-0.39, 0.29) is 10.8 Å². The summed E-state index contributed by atoms with van der Waals surface area (Å²) in [6.07, 6.45) is 0. The minimum Gasteiger partial charge on any atom is -0.288 e. The second kappa shape index (κ2) is 5.03. The molecule has 0 fully saturated rings. The molecule has 0 amide bonds. The van der Waals surface area contributed by atoms with Crippen LogP contribution in [0.1, 0.15) is 48.5 Å². The lowest BCUT2D eigenvalue weighted by Crippen LogP contribution is -2.23. The molecular weight excluding hydrogens is 206 g/mol. The predicted molar refractivity (Wildman–Crippen MR) is 76.8 cm³/mol. The largest absolute Gasteiger partial charge is 0.288 e. The Morgan fingerprint density at radius 1 is 1.06 bits per heavy atom. The van der Waals surface area contributed by atoms with Gasteiger partial charge in [0.2, 0.25) is 0 Å². The Balaban J connectivity index is 3.21. The van der Waals surface area contributed by atoms with Crippen molar-refractivity contribution in [2.75, 3.05) is 6.52 Å². The third-order valence-corrected chi connectivity index (χ3v) is 2.34. The maximum Gasteiger partial charge on any atom is 0.0520 e. The van der Waals surface area contributed by atoms with E-state index in [9.17, 15) is 0 Å². The lowest BCUT2D eigenvalue weighted by Gasteiger charge is -2.24. The van der Waals surface area contributed by atoms with Crippen molar-refractivity contribution in [2.45, 2.75) is 41.5 Å². The van der Waals surface area contributed by atoms with Gasteiger partial charge in [-0.3, -0.25) is 4.99 Å². The molecule has 1 heteroatoms. The first-order valence-corrected chi connectivity index (χ1v) is 6.18. The molecule has 94 valence electrons. The van der Waals surface area contributed by atoms with Crippen molar-refractivity contribution in [3.05, 3.63) is 35.9 Å². The lowest BCUT2D eigenvalue weighted by molar-refractivity contribution is 0.426. The minimum atomic E-state index is -0.438. The maximum absolute atomic E-state index is 8.20. The van der Waals surface area contributed by atoms with Crippen molar-refractivity contribution in [3.8, 4) is 0 Å². The molecule has 1 atom stereocenters. The van der Waals surface area contributed by atoms with Crippen LogP contribution in [0.15, 0.2) is 35.3 Å². The molecule has 0 spiro atoms. The van der Waals surface area contributed by atoms with Crippen molar-refractivity contribution < 1.29 is 1.37 Å².